The Morgan fingerprint density at radius 1 is 1.19 bits per heavy atom. The summed E-state index contributed by atoms with van der Waals surface area (Å²) in [7, 11) is -3.96. The fourth-order valence-corrected chi connectivity index (χ4v) is 3.18. The van der Waals surface area contributed by atoms with E-state index >= 15 is 0 Å². The highest BCUT2D eigenvalue weighted by Crippen LogP contribution is 2.37. The van der Waals surface area contributed by atoms with E-state index in [1.807, 2.05) is 0 Å². The van der Waals surface area contributed by atoms with Gasteiger partial charge in [-0.15, -0.1) is 0 Å². The Kier molecular flexibility index (Phi) is 4.07. The Morgan fingerprint density at radius 3 is 2.24 bits per heavy atom. The molecule has 1 aromatic carbocycles. The molecule has 0 spiro atoms. The SMILES string of the molecule is Nc1c(N2CCC(C(F)(F)F)CC2)cccc1S(N)(=O)=O. The molecular formula is C12H16F3N3O2S. The molecule has 0 aliphatic carbocycles. The van der Waals surface area contributed by atoms with Crippen LogP contribution < -0.4 is 15.8 Å². The number of piperidine rings is 1. The van der Waals surface area contributed by atoms with E-state index in [-0.39, 0.29) is 36.5 Å². The Labute approximate surface area is 120 Å². The molecule has 1 fully saturated rings. The van der Waals surface area contributed by atoms with E-state index in [9.17, 15) is 21.6 Å². The van der Waals surface area contributed by atoms with Gasteiger partial charge in [-0.1, -0.05) is 6.07 Å². The zero-order chi connectivity index (χ0) is 15.8. The summed E-state index contributed by atoms with van der Waals surface area (Å²) in [5.41, 5.74) is 6.18. The molecule has 1 heterocycles. The van der Waals surface area contributed by atoms with Crippen LogP contribution in [0.5, 0.6) is 0 Å². The van der Waals surface area contributed by atoms with Crippen LogP contribution in [0.2, 0.25) is 0 Å². The minimum atomic E-state index is -4.19. The molecular weight excluding hydrogens is 307 g/mol. The summed E-state index contributed by atoms with van der Waals surface area (Å²) in [5.74, 6) is -1.32. The number of benzene rings is 1. The van der Waals surface area contributed by atoms with E-state index < -0.39 is 22.1 Å². The van der Waals surface area contributed by atoms with Crippen molar-refractivity contribution in [3.8, 4) is 0 Å². The predicted octanol–water partition coefficient (Wildman–Crippen LogP) is 1.69. The van der Waals surface area contributed by atoms with Crippen molar-refractivity contribution in [1.29, 1.82) is 0 Å². The summed E-state index contributed by atoms with van der Waals surface area (Å²) in [5, 5.41) is 5.06. The lowest BCUT2D eigenvalue weighted by Gasteiger charge is -2.35. The first-order valence-electron chi connectivity index (χ1n) is 6.33. The zero-order valence-electron chi connectivity index (χ0n) is 11.1. The molecule has 2 rings (SSSR count). The van der Waals surface area contributed by atoms with Crippen LogP contribution in [0, 0.1) is 5.92 Å². The summed E-state index contributed by atoms with van der Waals surface area (Å²) in [6.07, 6.45) is -4.27. The maximum Gasteiger partial charge on any atom is 0.391 e. The second-order valence-corrected chi connectivity index (χ2v) is 6.57. The first-order chi connectivity index (χ1) is 9.60. The number of rotatable bonds is 2. The van der Waals surface area contributed by atoms with Gasteiger partial charge in [-0.05, 0) is 25.0 Å². The monoisotopic (exact) mass is 323 g/mol. The van der Waals surface area contributed by atoms with E-state index in [4.69, 9.17) is 10.9 Å². The molecule has 0 bridgehead atoms. The highest BCUT2D eigenvalue weighted by atomic mass is 32.2. The van der Waals surface area contributed by atoms with Crippen LogP contribution in [0.25, 0.3) is 0 Å². The number of nitrogens with two attached hydrogens (primary N) is 2. The number of alkyl halides is 3. The highest BCUT2D eigenvalue weighted by molar-refractivity contribution is 7.89. The molecule has 4 N–H and O–H groups in total. The van der Waals surface area contributed by atoms with Crippen LogP contribution in [0.3, 0.4) is 0 Å². The topological polar surface area (TPSA) is 89.4 Å². The van der Waals surface area contributed by atoms with Gasteiger partial charge in [0, 0.05) is 13.1 Å². The van der Waals surface area contributed by atoms with Crippen molar-refractivity contribution in [3.05, 3.63) is 18.2 Å². The van der Waals surface area contributed by atoms with Gasteiger partial charge in [-0.3, -0.25) is 0 Å². The molecule has 0 amide bonds. The van der Waals surface area contributed by atoms with Crippen molar-refractivity contribution in [2.75, 3.05) is 23.7 Å². The van der Waals surface area contributed by atoms with Gasteiger partial charge in [0.15, 0.2) is 0 Å². The van der Waals surface area contributed by atoms with Crippen LogP contribution >= 0.6 is 0 Å². The Morgan fingerprint density at radius 2 is 1.76 bits per heavy atom. The second-order valence-electron chi connectivity index (χ2n) is 5.04. The van der Waals surface area contributed by atoms with Gasteiger partial charge >= 0.3 is 6.18 Å². The zero-order valence-corrected chi connectivity index (χ0v) is 11.9. The van der Waals surface area contributed by atoms with Crippen molar-refractivity contribution in [3.63, 3.8) is 0 Å². The average molecular weight is 323 g/mol. The van der Waals surface area contributed by atoms with Gasteiger partial charge in [-0.25, -0.2) is 13.6 Å². The molecule has 1 aliphatic rings. The van der Waals surface area contributed by atoms with Crippen LogP contribution in [-0.4, -0.2) is 27.7 Å². The summed E-state index contributed by atoms with van der Waals surface area (Å²) >= 11 is 0. The molecule has 21 heavy (non-hydrogen) atoms. The van der Waals surface area contributed by atoms with E-state index in [0.717, 1.165) is 0 Å². The molecule has 5 nitrogen and oxygen atoms in total. The first kappa shape index (κ1) is 15.9. The van der Waals surface area contributed by atoms with E-state index in [1.165, 1.54) is 12.1 Å². The first-order valence-corrected chi connectivity index (χ1v) is 7.88. The maximum atomic E-state index is 12.6. The molecule has 1 aromatic rings. The number of nitrogen functional groups attached to an aromatic ring is 1. The Bertz CT molecular complexity index is 623. The molecule has 1 aliphatic heterocycles. The second kappa shape index (κ2) is 5.38. The molecule has 9 heteroatoms. The highest BCUT2D eigenvalue weighted by Gasteiger charge is 2.41. The third-order valence-electron chi connectivity index (χ3n) is 3.65. The maximum absolute atomic E-state index is 12.6. The van der Waals surface area contributed by atoms with Gasteiger partial charge in [0.1, 0.15) is 4.90 Å². The van der Waals surface area contributed by atoms with Crippen LogP contribution in [0.15, 0.2) is 23.1 Å². The molecule has 0 saturated carbocycles. The van der Waals surface area contributed by atoms with Gasteiger partial charge < -0.3 is 10.6 Å². The lowest BCUT2D eigenvalue weighted by Crippen LogP contribution is -2.39. The van der Waals surface area contributed by atoms with Crippen molar-refractivity contribution < 1.29 is 21.6 Å². The summed E-state index contributed by atoms with van der Waals surface area (Å²) < 4.78 is 60.7. The molecule has 118 valence electrons. The smallest absolute Gasteiger partial charge is 0.391 e. The van der Waals surface area contributed by atoms with E-state index in [1.54, 1.807) is 11.0 Å². The van der Waals surface area contributed by atoms with Gasteiger partial charge in [0.2, 0.25) is 10.0 Å². The summed E-state index contributed by atoms with van der Waals surface area (Å²) in [4.78, 5) is 1.45. The number of hydrogen-bond donors (Lipinski definition) is 2. The number of halogens is 3. The number of hydrogen-bond acceptors (Lipinski definition) is 4. The number of primary sulfonamides is 1. The van der Waals surface area contributed by atoms with Crippen molar-refractivity contribution in [2.45, 2.75) is 23.9 Å². The Hall–Kier alpha value is -1.48. The van der Waals surface area contributed by atoms with Crippen molar-refractivity contribution in [2.24, 2.45) is 11.1 Å². The van der Waals surface area contributed by atoms with Crippen LogP contribution in [0.4, 0.5) is 24.5 Å². The number of para-hydroxylation sites is 1. The quantitative estimate of drug-likeness (QED) is 0.811. The number of anilines is 2. The molecule has 0 aromatic heterocycles. The molecule has 0 unspecified atom stereocenters. The third-order valence-corrected chi connectivity index (χ3v) is 4.62. The van der Waals surface area contributed by atoms with Gasteiger partial charge in [0.25, 0.3) is 0 Å². The average Bonchev–Trinajstić information content (AvgIpc) is 2.37. The number of nitrogens with zero attached hydrogens (tertiary/aromatic N) is 1. The van der Waals surface area contributed by atoms with E-state index in [2.05, 4.69) is 0 Å². The number of sulfonamides is 1. The molecule has 0 radical (unpaired) electrons. The fraction of sp³-hybridized carbons (Fsp3) is 0.500. The molecule has 1 saturated heterocycles. The van der Waals surface area contributed by atoms with E-state index in [0.29, 0.717) is 5.69 Å². The summed E-state index contributed by atoms with van der Waals surface area (Å²) in [6, 6.07) is 4.33. The summed E-state index contributed by atoms with van der Waals surface area (Å²) in [6.45, 7) is 0.338. The predicted molar refractivity (Wildman–Crippen MR) is 73.2 cm³/mol. The van der Waals surface area contributed by atoms with Crippen LogP contribution in [-0.2, 0) is 10.0 Å². The minimum absolute atomic E-state index is 0.0227. The lowest BCUT2D eigenvalue weighted by molar-refractivity contribution is -0.179. The fourth-order valence-electron chi connectivity index (χ4n) is 2.50. The Balaban J connectivity index is 2.22. The molecule has 0 atom stereocenters. The minimum Gasteiger partial charge on any atom is -0.396 e. The van der Waals surface area contributed by atoms with Crippen molar-refractivity contribution in [1.82, 2.24) is 0 Å². The van der Waals surface area contributed by atoms with Gasteiger partial charge in [0.05, 0.1) is 17.3 Å². The van der Waals surface area contributed by atoms with Gasteiger partial charge in [-0.2, -0.15) is 13.2 Å². The standard InChI is InChI=1S/C12H16F3N3O2S/c13-12(14,15)8-4-6-18(7-5-8)9-2-1-3-10(11(9)16)21(17,19)20/h1-3,8H,4-7,16H2,(H2,17,19,20). The van der Waals surface area contributed by atoms with Crippen LogP contribution in [0.1, 0.15) is 12.8 Å². The lowest BCUT2D eigenvalue weighted by atomic mass is 9.96. The largest absolute Gasteiger partial charge is 0.396 e. The normalized spacial score (nSPS) is 18.0. The van der Waals surface area contributed by atoms with Crippen molar-refractivity contribution >= 4 is 21.4 Å². The third kappa shape index (κ3) is 3.41.